The normalized spacial score (nSPS) is 16.5. The van der Waals surface area contributed by atoms with Gasteiger partial charge >= 0.3 is 12.1 Å². The first-order valence-corrected chi connectivity index (χ1v) is 4.85. The number of amides is 1. The van der Waals surface area contributed by atoms with E-state index in [1.165, 1.54) is 17.5 Å². The van der Waals surface area contributed by atoms with Gasteiger partial charge in [0, 0.05) is 11.4 Å². The topological polar surface area (TPSA) is 90.2 Å². The van der Waals surface area contributed by atoms with Crippen molar-refractivity contribution < 1.29 is 19.8 Å². The number of thiophene rings is 1. The first-order valence-electron chi connectivity index (χ1n) is 3.97. The zero-order chi connectivity index (χ0) is 11.0. The van der Waals surface area contributed by atoms with E-state index in [1.807, 2.05) is 0 Å². The highest BCUT2D eigenvalue weighted by Gasteiger charge is 2.29. The second-order valence-corrected chi connectivity index (χ2v) is 3.74. The van der Waals surface area contributed by atoms with E-state index in [0.717, 1.165) is 0 Å². The molecule has 0 saturated carbocycles. The predicted octanol–water partition coefficient (Wildman–Crippen LogP) is 0.354. The van der Waals surface area contributed by atoms with Crippen LogP contribution in [0, 0.1) is 0 Å². The number of aliphatic carboxylic acids is 1. The molecule has 6 nitrogen and oxygen atoms in total. The van der Waals surface area contributed by atoms with Crippen molar-refractivity contribution >= 4 is 54.4 Å². The van der Waals surface area contributed by atoms with Gasteiger partial charge < -0.3 is 10.2 Å². The van der Waals surface area contributed by atoms with Crippen molar-refractivity contribution in [3.8, 4) is 0 Å². The number of carbonyl (C=O) groups is 2. The van der Waals surface area contributed by atoms with E-state index in [-0.39, 0.29) is 24.8 Å². The number of nitrogens with zero attached hydrogens (tertiary/aromatic N) is 2. The Kier molecular flexibility index (Phi) is 5.40. The van der Waals surface area contributed by atoms with Crippen molar-refractivity contribution in [1.82, 2.24) is 4.90 Å². The van der Waals surface area contributed by atoms with Gasteiger partial charge in [0.25, 0.3) is 0 Å². The second-order valence-electron chi connectivity index (χ2n) is 2.84. The average Bonchev–Trinajstić information content (AvgIpc) is 2.61. The monoisotopic (exact) mass is 298 g/mol. The molecule has 1 aromatic heterocycles. The molecule has 17 heavy (non-hydrogen) atoms. The largest absolute Gasteiger partial charge is 0.478 e. The summed E-state index contributed by atoms with van der Waals surface area (Å²) in [6.45, 7) is 0. The van der Waals surface area contributed by atoms with Crippen LogP contribution in [0.25, 0.3) is 6.20 Å². The van der Waals surface area contributed by atoms with Crippen LogP contribution in [0.4, 0.5) is 4.79 Å². The molecule has 1 amide bonds. The van der Waals surface area contributed by atoms with Crippen LogP contribution in [0.2, 0.25) is 0 Å². The van der Waals surface area contributed by atoms with Gasteiger partial charge in [0.1, 0.15) is 4.67 Å². The van der Waals surface area contributed by atoms with Crippen molar-refractivity contribution in [1.29, 1.82) is 0 Å². The first kappa shape index (κ1) is 15.7. The lowest BCUT2D eigenvalue weighted by atomic mass is 10.3. The second kappa shape index (κ2) is 5.85. The van der Waals surface area contributed by atoms with Crippen LogP contribution in [0.1, 0.15) is 0 Å². The Hall–Kier alpha value is -1.31. The number of hydrogen-bond donors (Lipinski definition) is 2. The maximum atomic E-state index is 10.8. The molecule has 0 saturated heterocycles. The van der Waals surface area contributed by atoms with Crippen LogP contribution in [-0.4, -0.2) is 33.3 Å². The summed E-state index contributed by atoms with van der Waals surface area (Å²) in [7, 11) is 0. The molecule has 0 spiro atoms. The molecular formula is C8H8Cl2N2O4S. The SMILES string of the molecule is Cl.Cl.O=C(O)C1N=c2sccc2=CN1C(=O)O. The van der Waals surface area contributed by atoms with Crippen molar-refractivity contribution in [2.75, 3.05) is 0 Å². The number of carboxylic acids is 1. The van der Waals surface area contributed by atoms with E-state index in [9.17, 15) is 9.59 Å². The van der Waals surface area contributed by atoms with Gasteiger partial charge in [-0.2, -0.15) is 0 Å². The smallest absolute Gasteiger partial charge is 0.413 e. The molecule has 0 radical (unpaired) electrons. The molecule has 0 fully saturated rings. The summed E-state index contributed by atoms with van der Waals surface area (Å²) in [6.07, 6.45) is -1.43. The standard InChI is InChI=1S/C8H6N2O4S.2ClH/c11-7(12)5-9-6-4(1-2-15-6)3-10(5)8(13)14;;/h1-3,5H,(H,11,12)(H,13,14);2*1H. The van der Waals surface area contributed by atoms with Gasteiger partial charge in [0.2, 0.25) is 6.17 Å². The molecule has 2 N–H and O–H groups in total. The maximum absolute atomic E-state index is 10.8. The van der Waals surface area contributed by atoms with Crippen molar-refractivity contribution in [3.05, 3.63) is 21.3 Å². The Morgan fingerprint density at radius 1 is 1.35 bits per heavy atom. The van der Waals surface area contributed by atoms with Crippen molar-refractivity contribution in [2.24, 2.45) is 4.99 Å². The van der Waals surface area contributed by atoms with Gasteiger partial charge in [0.15, 0.2) is 0 Å². The summed E-state index contributed by atoms with van der Waals surface area (Å²) < 4.78 is 0.542. The molecule has 1 aliphatic rings. The fourth-order valence-corrected chi connectivity index (χ4v) is 2.00. The molecule has 1 aliphatic heterocycles. The minimum absolute atomic E-state index is 0. The van der Waals surface area contributed by atoms with Crippen LogP contribution < -0.4 is 9.89 Å². The van der Waals surface area contributed by atoms with Crippen molar-refractivity contribution in [2.45, 2.75) is 6.17 Å². The number of carboxylic acid groups (broad SMARTS) is 2. The van der Waals surface area contributed by atoms with Crippen LogP contribution in [0.3, 0.4) is 0 Å². The lowest BCUT2D eigenvalue weighted by Gasteiger charge is -2.20. The molecular weight excluding hydrogens is 291 g/mol. The van der Waals surface area contributed by atoms with E-state index in [0.29, 0.717) is 14.8 Å². The predicted molar refractivity (Wildman–Crippen MR) is 65.3 cm³/mol. The molecule has 0 aromatic carbocycles. The number of halogens is 2. The molecule has 9 heteroatoms. The van der Waals surface area contributed by atoms with Crippen molar-refractivity contribution in [3.63, 3.8) is 0 Å². The molecule has 0 aliphatic carbocycles. The number of fused-ring (bicyclic) bond motifs is 1. The van der Waals surface area contributed by atoms with Gasteiger partial charge in [-0.1, -0.05) is 0 Å². The Bertz CT molecular complexity index is 497. The van der Waals surface area contributed by atoms with Crippen LogP contribution in [0.5, 0.6) is 0 Å². The van der Waals surface area contributed by atoms with Crippen LogP contribution >= 0.6 is 36.2 Å². The lowest BCUT2D eigenvalue weighted by molar-refractivity contribution is -0.141. The lowest BCUT2D eigenvalue weighted by Crippen LogP contribution is -2.46. The van der Waals surface area contributed by atoms with Crippen LogP contribution in [0.15, 0.2) is 16.4 Å². The third kappa shape index (κ3) is 2.87. The molecule has 1 aromatic rings. The van der Waals surface area contributed by atoms with E-state index in [1.54, 1.807) is 11.4 Å². The summed E-state index contributed by atoms with van der Waals surface area (Å²) in [5.41, 5.74) is 0. The first-order chi connectivity index (χ1) is 7.09. The zero-order valence-electron chi connectivity index (χ0n) is 8.14. The zero-order valence-corrected chi connectivity index (χ0v) is 10.6. The van der Waals surface area contributed by atoms with Crippen LogP contribution in [-0.2, 0) is 4.79 Å². The van der Waals surface area contributed by atoms with E-state index >= 15 is 0 Å². The Balaban J connectivity index is 0.00000128. The summed E-state index contributed by atoms with van der Waals surface area (Å²) in [6, 6.07) is 1.69. The third-order valence-corrected chi connectivity index (χ3v) is 2.73. The Morgan fingerprint density at radius 3 is 2.53 bits per heavy atom. The fourth-order valence-electron chi connectivity index (χ4n) is 1.24. The molecule has 0 bridgehead atoms. The molecule has 2 heterocycles. The Labute approximate surface area is 112 Å². The molecule has 94 valence electrons. The van der Waals surface area contributed by atoms with Gasteiger partial charge in [-0.25, -0.2) is 14.6 Å². The summed E-state index contributed by atoms with van der Waals surface area (Å²) in [5.74, 6) is -1.28. The fraction of sp³-hybridized carbons (Fsp3) is 0.125. The molecule has 1 unspecified atom stereocenters. The highest BCUT2D eigenvalue weighted by Crippen LogP contribution is 2.06. The highest BCUT2D eigenvalue weighted by molar-refractivity contribution is 7.07. The van der Waals surface area contributed by atoms with E-state index < -0.39 is 18.2 Å². The van der Waals surface area contributed by atoms with Gasteiger partial charge in [0.05, 0.1) is 0 Å². The number of rotatable bonds is 1. The Morgan fingerprint density at radius 2 is 2.00 bits per heavy atom. The highest BCUT2D eigenvalue weighted by atomic mass is 35.5. The average molecular weight is 299 g/mol. The van der Waals surface area contributed by atoms with Gasteiger partial charge in [-0.15, -0.1) is 36.2 Å². The summed E-state index contributed by atoms with van der Waals surface area (Å²) >= 11 is 1.28. The summed E-state index contributed by atoms with van der Waals surface area (Å²) in [5, 5.41) is 20.0. The van der Waals surface area contributed by atoms with Gasteiger partial charge in [-0.3, -0.25) is 4.90 Å². The molecule has 1 atom stereocenters. The van der Waals surface area contributed by atoms with Gasteiger partial charge in [-0.05, 0) is 11.4 Å². The third-order valence-electron chi connectivity index (χ3n) is 1.90. The minimum atomic E-state index is -1.38. The van der Waals surface area contributed by atoms with E-state index in [4.69, 9.17) is 10.2 Å². The quantitative estimate of drug-likeness (QED) is 0.783. The maximum Gasteiger partial charge on any atom is 0.413 e. The summed E-state index contributed by atoms with van der Waals surface area (Å²) in [4.78, 5) is 26.1. The van der Waals surface area contributed by atoms with E-state index in [2.05, 4.69) is 4.99 Å². The molecule has 2 rings (SSSR count). The minimum Gasteiger partial charge on any atom is -0.478 e. The number of hydrogen-bond acceptors (Lipinski definition) is 4.